The van der Waals surface area contributed by atoms with E-state index in [9.17, 15) is 43.2 Å². The molecular formula is C75H146O17P2. The molecule has 17 nitrogen and oxygen atoms in total. The van der Waals surface area contributed by atoms with Crippen LogP contribution in [0.1, 0.15) is 388 Å². The van der Waals surface area contributed by atoms with Crippen molar-refractivity contribution in [3.63, 3.8) is 0 Å². The zero-order valence-electron chi connectivity index (χ0n) is 61.3. The monoisotopic (exact) mass is 1380 g/mol. The summed E-state index contributed by atoms with van der Waals surface area (Å²) in [6.45, 7) is 9.60. The van der Waals surface area contributed by atoms with Crippen molar-refractivity contribution in [2.75, 3.05) is 39.6 Å². The van der Waals surface area contributed by atoms with Crippen LogP contribution in [0.2, 0.25) is 0 Å². The normalized spacial score (nSPS) is 14.3. The average Bonchev–Trinajstić information content (AvgIpc) is 1.78. The number of hydrogen-bond acceptors (Lipinski definition) is 15. The summed E-state index contributed by atoms with van der Waals surface area (Å²) in [5.41, 5.74) is 0. The molecule has 0 rings (SSSR count). The Hall–Kier alpha value is -1.94. The Morgan fingerprint density at radius 3 is 0.809 bits per heavy atom. The van der Waals surface area contributed by atoms with E-state index in [0.29, 0.717) is 25.7 Å². The summed E-state index contributed by atoms with van der Waals surface area (Å²) in [6.07, 6.45) is 54.0. The van der Waals surface area contributed by atoms with Crippen LogP contribution < -0.4 is 0 Å². The number of carbonyl (C=O) groups excluding carboxylic acids is 4. The maximum absolute atomic E-state index is 13.1. The molecule has 0 saturated heterocycles. The van der Waals surface area contributed by atoms with Gasteiger partial charge in [0.1, 0.15) is 19.3 Å². The number of phosphoric ester groups is 2. The minimum Gasteiger partial charge on any atom is -0.462 e. The van der Waals surface area contributed by atoms with Crippen LogP contribution in [0.5, 0.6) is 0 Å². The Balaban J connectivity index is 5.24. The van der Waals surface area contributed by atoms with Gasteiger partial charge >= 0.3 is 39.5 Å². The molecular weight excluding hydrogens is 1230 g/mol. The van der Waals surface area contributed by atoms with Crippen LogP contribution in [0, 0.1) is 11.8 Å². The largest absolute Gasteiger partial charge is 0.472 e. The van der Waals surface area contributed by atoms with Gasteiger partial charge in [0.25, 0.3) is 0 Å². The molecule has 94 heavy (non-hydrogen) atoms. The molecule has 0 fully saturated rings. The molecule has 0 heterocycles. The van der Waals surface area contributed by atoms with E-state index in [4.69, 9.17) is 37.0 Å². The van der Waals surface area contributed by atoms with Crippen molar-refractivity contribution < 1.29 is 80.2 Å². The van der Waals surface area contributed by atoms with Crippen molar-refractivity contribution in [1.82, 2.24) is 0 Å². The molecule has 0 saturated carbocycles. The van der Waals surface area contributed by atoms with E-state index < -0.39 is 97.5 Å². The van der Waals surface area contributed by atoms with Crippen molar-refractivity contribution in [2.24, 2.45) is 11.8 Å². The van der Waals surface area contributed by atoms with Gasteiger partial charge in [0.15, 0.2) is 12.2 Å². The van der Waals surface area contributed by atoms with E-state index in [0.717, 1.165) is 102 Å². The number of aliphatic hydroxyl groups is 1. The highest BCUT2D eigenvalue weighted by atomic mass is 31.2. The number of aliphatic hydroxyl groups excluding tert-OH is 1. The van der Waals surface area contributed by atoms with Gasteiger partial charge in [-0.3, -0.25) is 37.3 Å². The predicted molar refractivity (Wildman–Crippen MR) is 381 cm³/mol. The summed E-state index contributed by atoms with van der Waals surface area (Å²) < 4.78 is 68.5. The van der Waals surface area contributed by atoms with Crippen molar-refractivity contribution in [1.29, 1.82) is 0 Å². The number of carbonyl (C=O) groups is 4. The standard InChI is InChI=1S/C75H146O17P2/c1-7-10-12-14-16-18-20-21-25-29-33-40-46-52-58-73(78)86-63-70(91-74(79)59-53-47-41-34-30-26-23-22-24-28-31-38-44-50-56-68(6)9-3)65-89-93(81,82)87-61-69(76)62-88-94(83,84)90-66-71(92-75(80)60-54-48-42-36-35-37-43-49-55-67(4)5)64-85-72(77)57-51-45-39-32-27-19-17-15-13-11-8-2/h67-71,76H,7-66H2,1-6H3,(H,81,82)(H,83,84)/t68?,69-,70-,71-/m1/s1. The lowest BCUT2D eigenvalue weighted by Crippen LogP contribution is -2.30. The molecule has 558 valence electrons. The van der Waals surface area contributed by atoms with E-state index in [1.165, 1.54) is 205 Å². The molecule has 0 aliphatic heterocycles. The maximum atomic E-state index is 13.1. The van der Waals surface area contributed by atoms with E-state index in [1.54, 1.807) is 0 Å². The first-order chi connectivity index (χ1) is 45.4. The summed E-state index contributed by atoms with van der Waals surface area (Å²) in [5.74, 6) is -0.552. The van der Waals surface area contributed by atoms with E-state index in [-0.39, 0.29) is 25.7 Å². The molecule has 0 aliphatic rings. The first kappa shape index (κ1) is 92.1. The predicted octanol–water partition coefficient (Wildman–Crippen LogP) is 21.9. The average molecular weight is 1380 g/mol. The van der Waals surface area contributed by atoms with Crippen molar-refractivity contribution >= 4 is 39.5 Å². The summed E-state index contributed by atoms with van der Waals surface area (Å²) >= 11 is 0. The van der Waals surface area contributed by atoms with Gasteiger partial charge in [0.05, 0.1) is 26.4 Å². The molecule has 0 radical (unpaired) electrons. The highest BCUT2D eigenvalue weighted by molar-refractivity contribution is 7.47. The van der Waals surface area contributed by atoms with Gasteiger partial charge in [-0.2, -0.15) is 0 Å². The van der Waals surface area contributed by atoms with Crippen LogP contribution in [0.15, 0.2) is 0 Å². The summed E-state index contributed by atoms with van der Waals surface area (Å²) in [4.78, 5) is 72.8. The molecule has 0 aromatic carbocycles. The van der Waals surface area contributed by atoms with Gasteiger partial charge in [0, 0.05) is 25.7 Å². The highest BCUT2D eigenvalue weighted by Gasteiger charge is 2.30. The SMILES string of the molecule is CCCCCCCCCCCCCCCCC(=O)OC[C@H](COP(=O)(O)OC[C@@H](O)COP(=O)(O)OC[C@@H](COC(=O)CCCCCCCCCCCCC)OC(=O)CCCCCCCCCCC(C)C)OC(=O)CCCCCCCCCCCCCCCCC(C)CC. The fraction of sp³-hybridized carbons (Fsp3) is 0.947. The Morgan fingerprint density at radius 2 is 0.543 bits per heavy atom. The third kappa shape index (κ3) is 67.3. The topological polar surface area (TPSA) is 237 Å². The van der Waals surface area contributed by atoms with Crippen molar-refractivity contribution in [2.45, 2.75) is 407 Å². The van der Waals surface area contributed by atoms with Crippen LogP contribution in [0.25, 0.3) is 0 Å². The Labute approximate surface area is 575 Å². The van der Waals surface area contributed by atoms with Gasteiger partial charge in [-0.1, -0.05) is 337 Å². The van der Waals surface area contributed by atoms with Gasteiger partial charge in [-0.05, 0) is 37.5 Å². The van der Waals surface area contributed by atoms with Gasteiger partial charge in [0.2, 0.25) is 0 Å². The van der Waals surface area contributed by atoms with Crippen LogP contribution >= 0.6 is 15.6 Å². The third-order valence-corrected chi connectivity index (χ3v) is 19.7. The quantitative estimate of drug-likeness (QED) is 0.0222. The summed E-state index contributed by atoms with van der Waals surface area (Å²) in [7, 11) is -9.91. The van der Waals surface area contributed by atoms with Crippen LogP contribution in [-0.2, 0) is 65.4 Å². The highest BCUT2D eigenvalue weighted by Crippen LogP contribution is 2.45. The lowest BCUT2D eigenvalue weighted by Gasteiger charge is -2.21. The van der Waals surface area contributed by atoms with Gasteiger partial charge in [-0.15, -0.1) is 0 Å². The number of hydrogen-bond donors (Lipinski definition) is 3. The molecule has 3 unspecified atom stereocenters. The molecule has 0 aromatic rings. The Kier molecular flexibility index (Phi) is 65.5. The lowest BCUT2D eigenvalue weighted by molar-refractivity contribution is -0.161. The van der Waals surface area contributed by atoms with Crippen molar-refractivity contribution in [3.05, 3.63) is 0 Å². The van der Waals surface area contributed by atoms with E-state index in [2.05, 4.69) is 41.5 Å². The maximum Gasteiger partial charge on any atom is 0.472 e. The molecule has 0 aromatic heterocycles. The number of rotatable bonds is 74. The zero-order valence-corrected chi connectivity index (χ0v) is 63.1. The second-order valence-electron chi connectivity index (χ2n) is 27.8. The van der Waals surface area contributed by atoms with Crippen molar-refractivity contribution in [3.8, 4) is 0 Å². The van der Waals surface area contributed by atoms with Crippen LogP contribution in [0.4, 0.5) is 0 Å². The fourth-order valence-corrected chi connectivity index (χ4v) is 13.0. The molecule has 0 aliphatic carbocycles. The first-order valence-electron chi connectivity index (χ1n) is 39.0. The second-order valence-corrected chi connectivity index (χ2v) is 30.7. The first-order valence-corrected chi connectivity index (χ1v) is 42.0. The van der Waals surface area contributed by atoms with Crippen LogP contribution in [-0.4, -0.2) is 96.7 Å². The molecule has 3 N–H and O–H groups in total. The summed E-state index contributed by atoms with van der Waals surface area (Å²) in [5, 5.41) is 10.6. The zero-order chi connectivity index (χ0) is 69.3. The minimum absolute atomic E-state index is 0.105. The molecule has 0 amide bonds. The Morgan fingerprint density at radius 1 is 0.309 bits per heavy atom. The number of unbranched alkanes of at least 4 members (excludes halogenated alkanes) is 43. The van der Waals surface area contributed by atoms with E-state index >= 15 is 0 Å². The van der Waals surface area contributed by atoms with Crippen LogP contribution in [0.3, 0.4) is 0 Å². The Bertz CT molecular complexity index is 1820. The number of ether oxygens (including phenoxy) is 4. The number of phosphoric acid groups is 2. The van der Waals surface area contributed by atoms with Gasteiger partial charge < -0.3 is 33.8 Å². The molecule has 19 heteroatoms. The van der Waals surface area contributed by atoms with Gasteiger partial charge in [-0.25, -0.2) is 9.13 Å². The minimum atomic E-state index is -4.96. The molecule has 0 spiro atoms. The fourth-order valence-electron chi connectivity index (χ4n) is 11.4. The smallest absolute Gasteiger partial charge is 0.462 e. The molecule has 6 atom stereocenters. The van der Waals surface area contributed by atoms with E-state index in [1.807, 2.05) is 0 Å². The number of esters is 4. The summed E-state index contributed by atoms with van der Waals surface area (Å²) in [6, 6.07) is 0. The molecule has 0 bridgehead atoms. The third-order valence-electron chi connectivity index (χ3n) is 17.8. The lowest BCUT2D eigenvalue weighted by atomic mass is 9.99. The second kappa shape index (κ2) is 66.9.